The molecule has 15 heavy (non-hydrogen) atoms. The molecule has 0 saturated heterocycles. The van der Waals surface area contributed by atoms with Crippen LogP contribution in [0.4, 0.5) is 5.82 Å². The number of hydrogen-bond donors (Lipinski definition) is 1. The molecule has 0 saturated carbocycles. The Morgan fingerprint density at radius 3 is 2.73 bits per heavy atom. The van der Waals surface area contributed by atoms with Crippen molar-refractivity contribution in [3.05, 3.63) is 33.5 Å². The summed E-state index contributed by atoms with van der Waals surface area (Å²) in [4.78, 5) is 4.34. The minimum Gasteiger partial charge on any atom is -0.381 e. The van der Waals surface area contributed by atoms with Crippen LogP contribution < -0.4 is 5.73 Å². The fourth-order valence-electron chi connectivity index (χ4n) is 1.14. The van der Waals surface area contributed by atoms with Gasteiger partial charge in [-0.25, -0.2) is 9.67 Å². The molecule has 0 radical (unpaired) electrons. The first-order chi connectivity index (χ1) is 7.08. The molecule has 0 fully saturated rings. The first-order valence-corrected chi connectivity index (χ1v) is 5.39. The van der Waals surface area contributed by atoms with E-state index in [9.17, 15) is 0 Å². The van der Waals surface area contributed by atoms with E-state index in [2.05, 4.69) is 26.0 Å². The molecule has 0 aliphatic carbocycles. The summed E-state index contributed by atoms with van der Waals surface area (Å²) in [6.07, 6.45) is 1.63. The average molecular weight is 288 g/mol. The van der Waals surface area contributed by atoms with Gasteiger partial charge < -0.3 is 5.73 Å². The van der Waals surface area contributed by atoms with Crippen molar-refractivity contribution in [2.24, 2.45) is 0 Å². The minimum atomic E-state index is 0.305. The number of aryl methyl sites for hydroxylation is 1. The Balaban J connectivity index is 2.49. The van der Waals surface area contributed by atoms with Gasteiger partial charge in [0.1, 0.15) is 5.02 Å². The van der Waals surface area contributed by atoms with Gasteiger partial charge in [0.05, 0.1) is 11.9 Å². The van der Waals surface area contributed by atoms with Crippen LogP contribution in [0.1, 0.15) is 5.69 Å². The van der Waals surface area contributed by atoms with E-state index in [1.807, 2.05) is 19.1 Å². The molecule has 0 unspecified atom stereocenters. The van der Waals surface area contributed by atoms with Gasteiger partial charge >= 0.3 is 0 Å². The number of nitrogen functional groups attached to an aromatic ring is 1. The molecule has 0 aromatic carbocycles. The molecular formula is C9H8BrClN4. The first-order valence-electron chi connectivity index (χ1n) is 4.22. The van der Waals surface area contributed by atoms with Crippen molar-refractivity contribution in [3.63, 3.8) is 0 Å². The quantitative estimate of drug-likeness (QED) is 0.877. The molecule has 6 heteroatoms. The van der Waals surface area contributed by atoms with Gasteiger partial charge in [0, 0.05) is 4.47 Å². The lowest BCUT2D eigenvalue weighted by Gasteiger charge is -2.02. The van der Waals surface area contributed by atoms with Gasteiger partial charge in [-0.3, -0.25) is 0 Å². The van der Waals surface area contributed by atoms with Crippen molar-refractivity contribution in [3.8, 4) is 5.82 Å². The highest BCUT2D eigenvalue weighted by Gasteiger charge is 2.06. The van der Waals surface area contributed by atoms with E-state index in [0.717, 1.165) is 10.2 Å². The first kappa shape index (κ1) is 10.4. The predicted octanol–water partition coefficient (Wildman–Crippen LogP) is 2.57. The molecule has 0 aliphatic heterocycles. The maximum atomic E-state index is 5.80. The highest BCUT2D eigenvalue weighted by Crippen LogP contribution is 2.20. The van der Waals surface area contributed by atoms with E-state index in [1.54, 1.807) is 10.9 Å². The van der Waals surface area contributed by atoms with E-state index in [0.29, 0.717) is 16.7 Å². The van der Waals surface area contributed by atoms with Crippen molar-refractivity contribution in [1.29, 1.82) is 0 Å². The van der Waals surface area contributed by atoms with Crippen molar-refractivity contribution in [2.45, 2.75) is 6.92 Å². The van der Waals surface area contributed by atoms with Gasteiger partial charge in [0.2, 0.25) is 0 Å². The average Bonchev–Trinajstić information content (AvgIpc) is 2.52. The number of rotatable bonds is 1. The third kappa shape index (κ3) is 1.98. The Labute approximate surface area is 100 Å². The standard InChI is InChI=1S/C9H8BrClN4/c1-5-6(10)2-3-8(13-5)15-4-7(11)9(12)14-15/h2-4H,1H3,(H2,12,14). The molecule has 0 amide bonds. The zero-order valence-electron chi connectivity index (χ0n) is 7.91. The summed E-state index contributed by atoms with van der Waals surface area (Å²) in [5, 5.41) is 4.46. The summed E-state index contributed by atoms with van der Waals surface area (Å²) in [7, 11) is 0. The van der Waals surface area contributed by atoms with Crippen LogP contribution in [0.3, 0.4) is 0 Å². The number of hydrogen-bond acceptors (Lipinski definition) is 3. The summed E-state index contributed by atoms with van der Waals surface area (Å²) >= 11 is 9.18. The van der Waals surface area contributed by atoms with Crippen LogP contribution in [0.25, 0.3) is 5.82 Å². The van der Waals surface area contributed by atoms with Crippen LogP contribution in [0.15, 0.2) is 22.8 Å². The predicted molar refractivity (Wildman–Crippen MR) is 63.2 cm³/mol. The third-order valence-electron chi connectivity index (χ3n) is 1.94. The summed E-state index contributed by atoms with van der Waals surface area (Å²) < 4.78 is 2.51. The Hall–Kier alpha value is -1.07. The van der Waals surface area contributed by atoms with Crippen LogP contribution in [-0.4, -0.2) is 14.8 Å². The van der Waals surface area contributed by atoms with Crippen molar-refractivity contribution in [1.82, 2.24) is 14.8 Å². The molecule has 2 aromatic rings. The minimum absolute atomic E-state index is 0.305. The van der Waals surface area contributed by atoms with Crippen LogP contribution in [0.5, 0.6) is 0 Å². The molecule has 0 aliphatic rings. The topological polar surface area (TPSA) is 56.7 Å². The molecule has 2 aromatic heterocycles. The number of nitrogens with zero attached hydrogens (tertiary/aromatic N) is 3. The normalized spacial score (nSPS) is 10.6. The lowest BCUT2D eigenvalue weighted by Crippen LogP contribution is -2.00. The van der Waals surface area contributed by atoms with E-state index in [-0.39, 0.29) is 0 Å². The van der Waals surface area contributed by atoms with Crippen LogP contribution in [0.2, 0.25) is 5.02 Å². The van der Waals surface area contributed by atoms with Gasteiger partial charge in [-0.05, 0) is 35.0 Å². The second kappa shape index (κ2) is 3.83. The molecule has 2 N–H and O–H groups in total. The van der Waals surface area contributed by atoms with Crippen LogP contribution in [-0.2, 0) is 0 Å². The van der Waals surface area contributed by atoms with E-state index < -0.39 is 0 Å². The van der Waals surface area contributed by atoms with Gasteiger partial charge in [-0.1, -0.05) is 11.6 Å². The maximum Gasteiger partial charge on any atom is 0.164 e. The highest BCUT2D eigenvalue weighted by molar-refractivity contribution is 9.10. The highest BCUT2D eigenvalue weighted by atomic mass is 79.9. The maximum absolute atomic E-state index is 5.80. The largest absolute Gasteiger partial charge is 0.381 e. The summed E-state index contributed by atoms with van der Waals surface area (Å²) in [6, 6.07) is 3.74. The van der Waals surface area contributed by atoms with Crippen LogP contribution >= 0.6 is 27.5 Å². The Morgan fingerprint density at radius 1 is 1.47 bits per heavy atom. The lowest BCUT2D eigenvalue weighted by atomic mass is 10.4. The molecule has 2 heterocycles. The number of pyridine rings is 1. The summed E-state index contributed by atoms with van der Waals surface area (Å²) in [5.74, 6) is 0.994. The lowest BCUT2D eigenvalue weighted by molar-refractivity contribution is 0.844. The van der Waals surface area contributed by atoms with Crippen molar-refractivity contribution >= 4 is 33.3 Å². The molecule has 0 atom stereocenters. The molecule has 2 rings (SSSR count). The molecular weight excluding hydrogens is 279 g/mol. The fraction of sp³-hybridized carbons (Fsp3) is 0.111. The second-order valence-corrected chi connectivity index (χ2v) is 4.31. The van der Waals surface area contributed by atoms with Gasteiger partial charge in [-0.15, -0.1) is 5.10 Å². The van der Waals surface area contributed by atoms with E-state index >= 15 is 0 Å². The third-order valence-corrected chi connectivity index (χ3v) is 3.07. The summed E-state index contributed by atoms with van der Waals surface area (Å²) in [6.45, 7) is 1.90. The Morgan fingerprint density at radius 2 is 2.20 bits per heavy atom. The smallest absolute Gasteiger partial charge is 0.164 e. The van der Waals surface area contributed by atoms with E-state index in [1.165, 1.54) is 0 Å². The molecule has 0 spiro atoms. The van der Waals surface area contributed by atoms with E-state index in [4.69, 9.17) is 17.3 Å². The number of anilines is 1. The molecule has 78 valence electrons. The van der Waals surface area contributed by atoms with Crippen LogP contribution in [0, 0.1) is 6.92 Å². The van der Waals surface area contributed by atoms with Gasteiger partial charge in [0.15, 0.2) is 11.6 Å². The Bertz CT molecular complexity index is 489. The zero-order chi connectivity index (χ0) is 11.0. The number of nitrogens with two attached hydrogens (primary N) is 1. The Kier molecular flexibility index (Phi) is 2.67. The molecule has 0 bridgehead atoms. The van der Waals surface area contributed by atoms with Gasteiger partial charge in [-0.2, -0.15) is 0 Å². The van der Waals surface area contributed by atoms with Crippen molar-refractivity contribution < 1.29 is 0 Å². The summed E-state index contributed by atoms with van der Waals surface area (Å²) in [5.41, 5.74) is 6.43. The second-order valence-electron chi connectivity index (χ2n) is 3.04. The monoisotopic (exact) mass is 286 g/mol. The SMILES string of the molecule is Cc1nc(-n2cc(Cl)c(N)n2)ccc1Br. The number of aromatic nitrogens is 3. The number of halogens is 2. The fourth-order valence-corrected chi connectivity index (χ4v) is 1.49. The molecule has 4 nitrogen and oxygen atoms in total. The zero-order valence-corrected chi connectivity index (χ0v) is 10.2. The van der Waals surface area contributed by atoms with Gasteiger partial charge in [0.25, 0.3) is 0 Å². The van der Waals surface area contributed by atoms with Crippen molar-refractivity contribution in [2.75, 3.05) is 5.73 Å².